The monoisotopic (exact) mass is 346 g/mol. The minimum absolute atomic E-state index is 0.204. The largest absolute Gasteiger partial charge is 0.467 e. The Hall–Kier alpha value is -1.92. The van der Waals surface area contributed by atoms with Crippen molar-refractivity contribution in [1.29, 1.82) is 0 Å². The number of methoxy groups -OCH3 is 1. The lowest BCUT2D eigenvalue weighted by Gasteiger charge is -2.41. The maximum absolute atomic E-state index is 12.5. The average Bonchev–Trinajstić information content (AvgIpc) is 3.17. The van der Waals surface area contributed by atoms with Gasteiger partial charge >= 0.3 is 5.97 Å². The van der Waals surface area contributed by atoms with Crippen LogP contribution in [0.3, 0.4) is 0 Å². The van der Waals surface area contributed by atoms with E-state index in [1.165, 1.54) is 12.7 Å². The summed E-state index contributed by atoms with van der Waals surface area (Å²) >= 11 is 0. The first kappa shape index (κ1) is 17.9. The van der Waals surface area contributed by atoms with Gasteiger partial charge in [-0.1, -0.05) is 30.3 Å². The fourth-order valence-electron chi connectivity index (χ4n) is 3.74. The van der Waals surface area contributed by atoms with E-state index in [1.54, 1.807) is 0 Å². The van der Waals surface area contributed by atoms with Crippen molar-refractivity contribution in [3.8, 4) is 0 Å². The van der Waals surface area contributed by atoms with Crippen LogP contribution in [0.15, 0.2) is 30.3 Å². The fraction of sp³-hybridized carbons (Fsp3) is 0.579. The van der Waals surface area contributed by atoms with Crippen LogP contribution in [0.25, 0.3) is 0 Å². The predicted molar refractivity (Wildman–Crippen MR) is 92.8 cm³/mol. The molecule has 25 heavy (non-hydrogen) atoms. The van der Waals surface area contributed by atoms with E-state index in [0.717, 1.165) is 25.9 Å². The summed E-state index contributed by atoms with van der Waals surface area (Å²) < 4.78 is 10.5. The molecule has 2 fully saturated rings. The van der Waals surface area contributed by atoms with Crippen LogP contribution in [0.4, 0.5) is 0 Å². The van der Waals surface area contributed by atoms with Crippen molar-refractivity contribution >= 4 is 11.9 Å². The minimum atomic E-state index is -0.995. The summed E-state index contributed by atoms with van der Waals surface area (Å²) in [4.78, 5) is 27.3. The SMILES string of the molecule is COC(=O)C1(NC(=O)C2CCCO2)CCCN(Cc2ccccc2)C1. The van der Waals surface area contributed by atoms with Crippen molar-refractivity contribution < 1.29 is 19.1 Å². The number of carbonyl (C=O) groups excluding carboxylic acids is 2. The maximum Gasteiger partial charge on any atom is 0.332 e. The summed E-state index contributed by atoms with van der Waals surface area (Å²) in [6.07, 6.45) is 2.54. The van der Waals surface area contributed by atoms with Crippen LogP contribution >= 0.6 is 0 Å². The normalized spacial score (nSPS) is 27.0. The van der Waals surface area contributed by atoms with Gasteiger partial charge in [-0.2, -0.15) is 0 Å². The van der Waals surface area contributed by atoms with Crippen LogP contribution in [0.1, 0.15) is 31.2 Å². The van der Waals surface area contributed by atoms with Crippen molar-refractivity contribution in [1.82, 2.24) is 10.2 Å². The van der Waals surface area contributed by atoms with Gasteiger partial charge in [0.15, 0.2) is 5.54 Å². The van der Waals surface area contributed by atoms with Crippen LogP contribution in [0.5, 0.6) is 0 Å². The van der Waals surface area contributed by atoms with Gasteiger partial charge in [0.25, 0.3) is 0 Å². The molecule has 0 aliphatic carbocycles. The third kappa shape index (κ3) is 4.19. The Morgan fingerprint density at radius 1 is 1.32 bits per heavy atom. The number of carbonyl (C=O) groups is 2. The Balaban J connectivity index is 1.72. The fourth-order valence-corrected chi connectivity index (χ4v) is 3.74. The number of esters is 1. The van der Waals surface area contributed by atoms with E-state index in [1.807, 2.05) is 18.2 Å². The molecule has 6 heteroatoms. The Morgan fingerprint density at radius 2 is 2.12 bits per heavy atom. The molecule has 2 heterocycles. The summed E-state index contributed by atoms with van der Waals surface area (Å²) in [7, 11) is 1.37. The highest BCUT2D eigenvalue weighted by Gasteiger charge is 2.45. The molecule has 0 radical (unpaired) electrons. The molecule has 2 atom stereocenters. The highest BCUT2D eigenvalue weighted by atomic mass is 16.5. The van der Waals surface area contributed by atoms with Crippen molar-refractivity contribution in [3.63, 3.8) is 0 Å². The van der Waals surface area contributed by atoms with Crippen LogP contribution in [-0.4, -0.2) is 55.2 Å². The molecule has 136 valence electrons. The molecule has 0 aromatic heterocycles. The Bertz CT molecular complexity index is 601. The number of amides is 1. The van der Waals surface area contributed by atoms with Crippen LogP contribution in [0, 0.1) is 0 Å². The molecule has 0 saturated carbocycles. The topological polar surface area (TPSA) is 67.9 Å². The summed E-state index contributed by atoms with van der Waals surface area (Å²) in [6.45, 7) is 2.69. The van der Waals surface area contributed by atoms with E-state index in [0.29, 0.717) is 26.0 Å². The van der Waals surface area contributed by atoms with E-state index in [-0.39, 0.29) is 11.9 Å². The van der Waals surface area contributed by atoms with E-state index < -0.39 is 11.6 Å². The maximum atomic E-state index is 12.5. The highest BCUT2D eigenvalue weighted by molar-refractivity contribution is 5.90. The molecule has 2 aliphatic heterocycles. The van der Waals surface area contributed by atoms with E-state index >= 15 is 0 Å². The van der Waals surface area contributed by atoms with E-state index in [4.69, 9.17) is 9.47 Å². The zero-order chi connectivity index (χ0) is 17.7. The highest BCUT2D eigenvalue weighted by Crippen LogP contribution is 2.25. The van der Waals surface area contributed by atoms with Gasteiger partial charge in [-0.25, -0.2) is 4.79 Å². The van der Waals surface area contributed by atoms with Gasteiger partial charge in [-0.05, 0) is 37.8 Å². The number of nitrogens with zero attached hydrogens (tertiary/aromatic N) is 1. The summed E-state index contributed by atoms with van der Waals surface area (Å²) in [5, 5.41) is 2.96. The Morgan fingerprint density at radius 3 is 2.80 bits per heavy atom. The van der Waals surface area contributed by atoms with Crippen molar-refractivity contribution in [3.05, 3.63) is 35.9 Å². The zero-order valence-corrected chi connectivity index (χ0v) is 14.7. The van der Waals surface area contributed by atoms with Gasteiger partial charge in [0.05, 0.1) is 7.11 Å². The molecule has 2 unspecified atom stereocenters. The molecular formula is C19H26N2O4. The molecule has 2 saturated heterocycles. The first-order valence-corrected chi connectivity index (χ1v) is 8.91. The number of ether oxygens (including phenoxy) is 2. The quantitative estimate of drug-likeness (QED) is 0.818. The molecule has 2 aliphatic rings. The Labute approximate surface area is 148 Å². The molecule has 0 spiro atoms. The molecular weight excluding hydrogens is 320 g/mol. The number of likely N-dealkylation sites (tertiary alicyclic amines) is 1. The second-order valence-corrected chi connectivity index (χ2v) is 6.86. The van der Waals surface area contributed by atoms with Crippen molar-refractivity contribution in [2.45, 2.75) is 43.9 Å². The van der Waals surface area contributed by atoms with Gasteiger partial charge in [0.1, 0.15) is 6.10 Å². The number of benzene rings is 1. The first-order valence-electron chi connectivity index (χ1n) is 8.91. The summed E-state index contributed by atoms with van der Waals surface area (Å²) in [5.74, 6) is -0.582. The van der Waals surface area contributed by atoms with Gasteiger partial charge < -0.3 is 14.8 Å². The smallest absolute Gasteiger partial charge is 0.332 e. The number of rotatable bonds is 5. The summed E-state index contributed by atoms with van der Waals surface area (Å²) in [6, 6.07) is 10.1. The van der Waals surface area contributed by atoms with Crippen molar-refractivity contribution in [2.24, 2.45) is 0 Å². The number of piperidine rings is 1. The van der Waals surface area contributed by atoms with Gasteiger partial charge in [-0.15, -0.1) is 0 Å². The van der Waals surface area contributed by atoms with Gasteiger partial charge in [-0.3, -0.25) is 9.69 Å². The lowest BCUT2D eigenvalue weighted by atomic mass is 9.88. The van der Waals surface area contributed by atoms with Gasteiger partial charge in [0.2, 0.25) is 5.91 Å². The average molecular weight is 346 g/mol. The minimum Gasteiger partial charge on any atom is -0.467 e. The molecule has 1 amide bonds. The lowest BCUT2D eigenvalue weighted by molar-refractivity contribution is -0.155. The molecule has 0 bridgehead atoms. The third-order valence-electron chi connectivity index (χ3n) is 4.98. The van der Waals surface area contributed by atoms with Crippen molar-refractivity contribution in [2.75, 3.05) is 26.8 Å². The molecule has 1 aromatic rings. The lowest BCUT2D eigenvalue weighted by Crippen LogP contribution is -2.64. The zero-order valence-electron chi connectivity index (χ0n) is 14.7. The second kappa shape index (κ2) is 7.97. The second-order valence-electron chi connectivity index (χ2n) is 6.86. The van der Waals surface area contributed by atoms with E-state index in [2.05, 4.69) is 22.3 Å². The van der Waals surface area contributed by atoms with E-state index in [9.17, 15) is 9.59 Å². The van der Waals surface area contributed by atoms with Crippen LogP contribution in [-0.2, 0) is 25.6 Å². The van der Waals surface area contributed by atoms with Crippen LogP contribution < -0.4 is 5.32 Å². The van der Waals surface area contributed by atoms with Crippen LogP contribution in [0.2, 0.25) is 0 Å². The number of hydrogen-bond acceptors (Lipinski definition) is 5. The Kier molecular flexibility index (Phi) is 5.71. The first-order chi connectivity index (χ1) is 12.1. The standard InChI is InChI=1S/C19H26N2O4/c1-24-18(23)19(20-17(22)16-9-5-12-25-16)10-6-11-21(14-19)13-15-7-3-2-4-8-15/h2-4,7-8,16H,5-6,9-14H2,1H3,(H,20,22). The molecule has 1 aromatic carbocycles. The third-order valence-corrected chi connectivity index (χ3v) is 4.98. The summed E-state index contributed by atoms with van der Waals surface area (Å²) in [5.41, 5.74) is 0.193. The number of nitrogens with one attached hydrogen (secondary N) is 1. The number of hydrogen-bond donors (Lipinski definition) is 1. The molecule has 6 nitrogen and oxygen atoms in total. The molecule has 1 N–H and O–H groups in total. The molecule has 3 rings (SSSR count). The van der Waals surface area contributed by atoms with Gasteiger partial charge in [0, 0.05) is 19.7 Å². The predicted octanol–water partition coefficient (Wildman–Crippen LogP) is 1.49.